The van der Waals surface area contributed by atoms with Crippen LogP contribution >= 0.6 is 11.6 Å². The summed E-state index contributed by atoms with van der Waals surface area (Å²) in [5, 5.41) is 2.20. The zero-order chi connectivity index (χ0) is 21.6. The molecule has 2 rings (SSSR count). The van der Waals surface area contributed by atoms with E-state index in [2.05, 4.69) is 10.1 Å². The van der Waals surface area contributed by atoms with E-state index in [0.29, 0.717) is 11.5 Å². The second-order valence-electron chi connectivity index (χ2n) is 5.62. The van der Waals surface area contributed by atoms with Crippen LogP contribution in [0.1, 0.15) is 25.4 Å². The van der Waals surface area contributed by atoms with Crippen LogP contribution in [0.25, 0.3) is 0 Å². The highest BCUT2D eigenvalue weighted by Gasteiger charge is 2.19. The van der Waals surface area contributed by atoms with Crippen molar-refractivity contribution in [2.24, 2.45) is 0 Å². The van der Waals surface area contributed by atoms with Gasteiger partial charge in [0.15, 0.2) is 0 Å². The number of hydrogen-bond acceptors (Lipinski definition) is 4. The minimum atomic E-state index is -3.13. The molecule has 0 heterocycles. The van der Waals surface area contributed by atoms with Crippen LogP contribution in [0.4, 0.5) is 13.2 Å². The maximum absolute atomic E-state index is 13.9. The molecule has 0 aliphatic rings. The minimum absolute atomic E-state index is 0.00920. The molecule has 0 saturated carbocycles. The number of methoxy groups -OCH3 is 1. The van der Waals surface area contributed by atoms with Gasteiger partial charge in [0, 0.05) is 5.56 Å². The van der Waals surface area contributed by atoms with Crippen molar-refractivity contribution in [2.45, 2.75) is 26.2 Å². The lowest BCUT2D eigenvalue weighted by Crippen LogP contribution is -2.31. The lowest BCUT2D eigenvalue weighted by molar-refractivity contribution is -0.152. The summed E-state index contributed by atoms with van der Waals surface area (Å²) in [5.41, 5.74) is 0.276. The molecule has 28 heavy (non-hydrogen) atoms. The summed E-state index contributed by atoms with van der Waals surface area (Å²) in [7, 11) is 1.52. The van der Waals surface area contributed by atoms with Crippen LogP contribution < -0.4 is 14.8 Å². The molecule has 0 bridgehead atoms. The molecule has 2 aromatic rings. The molecule has 1 N–H and O–H groups in total. The number of hydrogen-bond donors (Lipinski definition) is 1. The summed E-state index contributed by atoms with van der Waals surface area (Å²) in [4.78, 5) is 11.8. The van der Waals surface area contributed by atoms with Crippen LogP contribution in [-0.2, 0) is 16.1 Å². The summed E-state index contributed by atoms with van der Waals surface area (Å²) < 4.78 is 61.1. The van der Waals surface area contributed by atoms with Gasteiger partial charge < -0.3 is 19.5 Å². The fourth-order valence-corrected chi connectivity index (χ4v) is 2.62. The van der Waals surface area contributed by atoms with Crippen molar-refractivity contribution in [3.63, 3.8) is 0 Å². The van der Waals surface area contributed by atoms with Crippen molar-refractivity contribution in [3.8, 4) is 11.5 Å². The Morgan fingerprint density at radius 3 is 2.50 bits per heavy atom. The molecule has 5 nitrogen and oxygen atoms in total. The molecule has 0 aliphatic heterocycles. The molecule has 1 amide bonds. The normalized spacial score (nSPS) is 13.6. The standard InChI is InChI=1S/C19H19ClF3NO4/c1-11(24-18(25)10-28-19(22)23)15-7-12(21)8-17(20)16(15)9-27-14-5-3-13(26-2)4-6-14/h3-8,11,19H,9-10H2,1-2H3,(H,24,25)/t11-/m0/s1/i11D. The first kappa shape index (κ1) is 20.3. The molecule has 1 atom stereocenters. The Kier molecular flexibility index (Phi) is 7.39. The van der Waals surface area contributed by atoms with Gasteiger partial charge in [-0.15, -0.1) is 0 Å². The highest BCUT2D eigenvalue weighted by atomic mass is 35.5. The first-order valence-electron chi connectivity index (χ1n) is 8.58. The Labute approximate surface area is 166 Å². The van der Waals surface area contributed by atoms with Crippen LogP contribution in [0.5, 0.6) is 11.5 Å². The number of carbonyl (C=O) groups is 1. The quantitative estimate of drug-likeness (QED) is 0.652. The molecular formula is C19H19ClF3NO4. The molecular weight excluding hydrogens is 399 g/mol. The SMILES string of the molecule is [2H][C@@](C)(NC(=O)COC(F)F)c1cc(F)cc(Cl)c1COc1ccc(OC)cc1. The maximum atomic E-state index is 13.9. The third-order valence-electron chi connectivity index (χ3n) is 3.67. The molecule has 0 radical (unpaired) electrons. The molecule has 2 aromatic carbocycles. The van der Waals surface area contributed by atoms with E-state index in [0.717, 1.165) is 12.1 Å². The average molecular weight is 419 g/mol. The lowest BCUT2D eigenvalue weighted by atomic mass is 10.0. The molecule has 0 aliphatic carbocycles. The summed E-state index contributed by atoms with van der Waals surface area (Å²) in [6.45, 7) is -2.95. The van der Waals surface area contributed by atoms with Crippen molar-refractivity contribution in [2.75, 3.05) is 13.7 Å². The van der Waals surface area contributed by atoms with Crippen LogP contribution in [-0.4, -0.2) is 26.2 Å². The van der Waals surface area contributed by atoms with Gasteiger partial charge in [-0.25, -0.2) is 4.39 Å². The maximum Gasteiger partial charge on any atom is 0.345 e. The van der Waals surface area contributed by atoms with E-state index in [1.165, 1.54) is 14.0 Å². The number of carbonyl (C=O) groups excluding carboxylic acids is 1. The van der Waals surface area contributed by atoms with E-state index in [-0.39, 0.29) is 22.8 Å². The van der Waals surface area contributed by atoms with E-state index in [1.807, 2.05) is 0 Å². The Morgan fingerprint density at radius 2 is 1.89 bits per heavy atom. The monoisotopic (exact) mass is 418 g/mol. The molecule has 152 valence electrons. The first-order chi connectivity index (χ1) is 13.6. The highest BCUT2D eigenvalue weighted by molar-refractivity contribution is 6.31. The summed E-state index contributed by atoms with van der Waals surface area (Å²) in [6.07, 6.45) is 0. The van der Waals surface area contributed by atoms with E-state index >= 15 is 0 Å². The number of ether oxygens (including phenoxy) is 3. The van der Waals surface area contributed by atoms with Gasteiger partial charge in [-0.05, 0) is 48.9 Å². The van der Waals surface area contributed by atoms with E-state index < -0.39 is 31.0 Å². The number of rotatable bonds is 9. The molecule has 0 fully saturated rings. The topological polar surface area (TPSA) is 56.8 Å². The zero-order valence-corrected chi connectivity index (χ0v) is 15.9. The van der Waals surface area contributed by atoms with Crippen LogP contribution in [0, 0.1) is 5.82 Å². The first-order valence-corrected chi connectivity index (χ1v) is 8.46. The van der Waals surface area contributed by atoms with Gasteiger partial charge in [0.05, 0.1) is 19.5 Å². The zero-order valence-electron chi connectivity index (χ0n) is 16.1. The van der Waals surface area contributed by atoms with Crippen molar-refractivity contribution in [3.05, 3.63) is 58.4 Å². The van der Waals surface area contributed by atoms with Gasteiger partial charge in [0.1, 0.15) is 30.5 Å². The molecule has 0 aromatic heterocycles. The fraction of sp³-hybridized carbons (Fsp3) is 0.316. The van der Waals surface area contributed by atoms with Crippen molar-refractivity contribution < 1.29 is 33.5 Å². The largest absolute Gasteiger partial charge is 0.497 e. The Bertz CT molecular complexity index is 850. The Balaban J connectivity index is 2.22. The predicted molar refractivity (Wildman–Crippen MR) is 97.2 cm³/mol. The third kappa shape index (κ3) is 6.31. The molecule has 0 spiro atoms. The molecule has 0 saturated heterocycles. The third-order valence-corrected chi connectivity index (χ3v) is 4.01. The second kappa shape index (κ2) is 10.2. The van der Waals surface area contributed by atoms with Gasteiger partial charge in [-0.1, -0.05) is 11.6 Å². The lowest BCUT2D eigenvalue weighted by Gasteiger charge is -2.20. The number of benzene rings is 2. The molecule has 9 heteroatoms. The average Bonchev–Trinajstić information content (AvgIpc) is 2.65. The number of amides is 1. The number of nitrogens with one attached hydrogen (secondary N) is 1. The predicted octanol–water partition coefficient (Wildman–Crippen LogP) is 4.48. The number of alkyl halides is 2. The van der Waals surface area contributed by atoms with Gasteiger partial charge in [-0.3, -0.25) is 4.79 Å². The van der Waals surface area contributed by atoms with Gasteiger partial charge in [0.2, 0.25) is 5.91 Å². The van der Waals surface area contributed by atoms with Crippen LogP contribution in [0.2, 0.25) is 5.02 Å². The van der Waals surface area contributed by atoms with Crippen LogP contribution in [0.15, 0.2) is 36.4 Å². The summed E-state index contributed by atoms with van der Waals surface area (Å²) >= 11 is 6.13. The summed E-state index contributed by atoms with van der Waals surface area (Å²) in [5.74, 6) is -0.594. The molecule has 0 unspecified atom stereocenters. The van der Waals surface area contributed by atoms with E-state index in [9.17, 15) is 18.0 Å². The highest BCUT2D eigenvalue weighted by Crippen LogP contribution is 2.28. The summed E-state index contributed by atoms with van der Waals surface area (Å²) in [6, 6.07) is 6.86. The Hall–Kier alpha value is -2.45. The van der Waals surface area contributed by atoms with Crippen LogP contribution in [0.3, 0.4) is 0 Å². The van der Waals surface area contributed by atoms with E-state index in [1.54, 1.807) is 24.3 Å². The van der Waals surface area contributed by atoms with Gasteiger partial charge in [-0.2, -0.15) is 8.78 Å². The van der Waals surface area contributed by atoms with Crippen molar-refractivity contribution in [1.29, 1.82) is 0 Å². The Morgan fingerprint density at radius 1 is 1.25 bits per heavy atom. The van der Waals surface area contributed by atoms with Gasteiger partial charge >= 0.3 is 6.61 Å². The van der Waals surface area contributed by atoms with Crippen molar-refractivity contribution in [1.82, 2.24) is 5.32 Å². The van der Waals surface area contributed by atoms with Crippen molar-refractivity contribution >= 4 is 17.5 Å². The number of halogens is 4. The second-order valence-corrected chi connectivity index (χ2v) is 6.03. The minimum Gasteiger partial charge on any atom is -0.497 e. The van der Waals surface area contributed by atoms with E-state index in [4.69, 9.17) is 22.4 Å². The van der Waals surface area contributed by atoms with Gasteiger partial charge in [0.25, 0.3) is 0 Å². The smallest absolute Gasteiger partial charge is 0.345 e. The fourth-order valence-electron chi connectivity index (χ4n) is 2.36.